The highest BCUT2D eigenvalue weighted by Gasteiger charge is 2.22. The molecule has 0 spiro atoms. The fourth-order valence-electron chi connectivity index (χ4n) is 2.54. The number of nitrogens with one attached hydrogen (secondary N) is 1. The van der Waals surface area contributed by atoms with Gasteiger partial charge in [-0.25, -0.2) is 0 Å². The molecule has 0 saturated carbocycles. The van der Waals surface area contributed by atoms with Crippen LogP contribution in [0.3, 0.4) is 0 Å². The molecule has 1 aromatic rings. The third kappa shape index (κ3) is 2.72. The standard InChI is InChI=1S/C14H23N3/c1-4-16-9-10-17(11-12(16)2)14-7-5-13(15-3)6-8-14/h5-8,12,15H,4,9-11H2,1-3H3. The van der Waals surface area contributed by atoms with Gasteiger partial charge in [0.05, 0.1) is 0 Å². The predicted octanol–water partition coefficient (Wildman–Crippen LogP) is 2.26. The van der Waals surface area contributed by atoms with Crippen LogP contribution in [0.4, 0.5) is 11.4 Å². The maximum Gasteiger partial charge on any atom is 0.0368 e. The number of likely N-dealkylation sites (N-methyl/N-ethyl adjacent to an activating group) is 1. The second-order valence-corrected chi connectivity index (χ2v) is 4.72. The monoisotopic (exact) mass is 233 g/mol. The highest BCUT2D eigenvalue weighted by Crippen LogP contribution is 2.21. The van der Waals surface area contributed by atoms with E-state index in [4.69, 9.17) is 0 Å². The molecule has 0 aliphatic carbocycles. The molecular formula is C14H23N3. The van der Waals surface area contributed by atoms with Gasteiger partial charge in [-0.3, -0.25) is 4.90 Å². The number of hydrogen-bond acceptors (Lipinski definition) is 3. The van der Waals surface area contributed by atoms with Crippen molar-refractivity contribution in [1.82, 2.24) is 4.90 Å². The minimum Gasteiger partial charge on any atom is -0.388 e. The van der Waals surface area contributed by atoms with E-state index in [0.717, 1.165) is 19.6 Å². The molecule has 1 fully saturated rings. The summed E-state index contributed by atoms with van der Waals surface area (Å²) in [6, 6.07) is 9.36. The summed E-state index contributed by atoms with van der Waals surface area (Å²) in [5, 5.41) is 3.16. The van der Waals surface area contributed by atoms with E-state index in [1.165, 1.54) is 17.9 Å². The summed E-state index contributed by atoms with van der Waals surface area (Å²) in [4.78, 5) is 5.02. The highest BCUT2D eigenvalue weighted by molar-refractivity contribution is 5.55. The third-order valence-corrected chi connectivity index (χ3v) is 3.69. The minimum absolute atomic E-state index is 0.651. The van der Waals surface area contributed by atoms with Gasteiger partial charge in [-0.05, 0) is 37.7 Å². The molecule has 1 heterocycles. The number of nitrogens with zero attached hydrogens (tertiary/aromatic N) is 2. The van der Waals surface area contributed by atoms with E-state index in [2.05, 4.69) is 53.2 Å². The Morgan fingerprint density at radius 1 is 1.24 bits per heavy atom. The maximum atomic E-state index is 3.16. The van der Waals surface area contributed by atoms with Gasteiger partial charge < -0.3 is 10.2 Å². The smallest absolute Gasteiger partial charge is 0.0368 e. The Labute approximate surface area is 104 Å². The number of anilines is 2. The van der Waals surface area contributed by atoms with Crippen molar-refractivity contribution in [3.05, 3.63) is 24.3 Å². The molecule has 1 unspecified atom stereocenters. The van der Waals surface area contributed by atoms with Crippen molar-refractivity contribution in [2.75, 3.05) is 43.4 Å². The fourth-order valence-corrected chi connectivity index (χ4v) is 2.54. The average molecular weight is 233 g/mol. The lowest BCUT2D eigenvalue weighted by molar-refractivity contribution is 0.199. The molecule has 0 bridgehead atoms. The van der Waals surface area contributed by atoms with E-state index in [-0.39, 0.29) is 0 Å². The summed E-state index contributed by atoms with van der Waals surface area (Å²) in [5.41, 5.74) is 2.51. The van der Waals surface area contributed by atoms with E-state index in [9.17, 15) is 0 Å². The molecule has 1 saturated heterocycles. The quantitative estimate of drug-likeness (QED) is 0.864. The molecule has 1 atom stereocenters. The van der Waals surface area contributed by atoms with E-state index in [1.54, 1.807) is 0 Å². The van der Waals surface area contributed by atoms with Crippen molar-refractivity contribution in [1.29, 1.82) is 0 Å². The van der Waals surface area contributed by atoms with Crippen molar-refractivity contribution in [2.24, 2.45) is 0 Å². The Bertz CT molecular complexity index is 347. The first-order valence-electron chi connectivity index (χ1n) is 6.51. The van der Waals surface area contributed by atoms with Gasteiger partial charge in [0, 0.05) is 44.1 Å². The first kappa shape index (κ1) is 12.2. The van der Waals surface area contributed by atoms with Gasteiger partial charge in [0.2, 0.25) is 0 Å². The predicted molar refractivity (Wildman–Crippen MR) is 74.9 cm³/mol. The summed E-state index contributed by atoms with van der Waals surface area (Å²) in [7, 11) is 1.96. The normalized spacial score (nSPS) is 21.6. The van der Waals surface area contributed by atoms with E-state index in [0.29, 0.717) is 6.04 Å². The zero-order valence-electron chi connectivity index (χ0n) is 11.1. The molecule has 1 N–H and O–H groups in total. The lowest BCUT2D eigenvalue weighted by Crippen LogP contribution is -2.51. The molecule has 17 heavy (non-hydrogen) atoms. The molecule has 1 aromatic carbocycles. The summed E-state index contributed by atoms with van der Waals surface area (Å²) in [6.45, 7) is 9.16. The van der Waals surface area contributed by atoms with Gasteiger partial charge in [-0.2, -0.15) is 0 Å². The first-order chi connectivity index (χ1) is 8.24. The van der Waals surface area contributed by atoms with Gasteiger partial charge in [0.25, 0.3) is 0 Å². The summed E-state index contributed by atoms with van der Waals surface area (Å²) >= 11 is 0. The highest BCUT2D eigenvalue weighted by atomic mass is 15.3. The molecule has 3 heteroatoms. The van der Waals surface area contributed by atoms with Gasteiger partial charge >= 0.3 is 0 Å². The molecule has 0 amide bonds. The molecule has 1 aliphatic rings. The van der Waals surface area contributed by atoms with Crippen molar-refractivity contribution >= 4 is 11.4 Å². The van der Waals surface area contributed by atoms with Crippen LogP contribution in [0, 0.1) is 0 Å². The number of piperazine rings is 1. The third-order valence-electron chi connectivity index (χ3n) is 3.69. The molecule has 1 aliphatic heterocycles. The first-order valence-corrected chi connectivity index (χ1v) is 6.51. The van der Waals surface area contributed by atoms with E-state index >= 15 is 0 Å². The molecule has 0 aromatic heterocycles. The fraction of sp³-hybridized carbons (Fsp3) is 0.571. The molecule has 2 rings (SSSR count). The van der Waals surface area contributed by atoms with Crippen molar-refractivity contribution < 1.29 is 0 Å². The van der Waals surface area contributed by atoms with Crippen LogP contribution in [-0.2, 0) is 0 Å². The van der Waals surface area contributed by atoms with Crippen LogP contribution in [0.25, 0.3) is 0 Å². The molecular weight excluding hydrogens is 210 g/mol. The van der Waals surface area contributed by atoms with Crippen LogP contribution in [0.15, 0.2) is 24.3 Å². The van der Waals surface area contributed by atoms with Gasteiger partial charge in [-0.15, -0.1) is 0 Å². The van der Waals surface area contributed by atoms with E-state index < -0.39 is 0 Å². The van der Waals surface area contributed by atoms with Crippen LogP contribution < -0.4 is 10.2 Å². The van der Waals surface area contributed by atoms with Crippen molar-refractivity contribution in [3.8, 4) is 0 Å². The Kier molecular flexibility index (Phi) is 3.89. The number of rotatable bonds is 3. The zero-order chi connectivity index (χ0) is 12.3. The average Bonchev–Trinajstić information content (AvgIpc) is 2.39. The lowest BCUT2D eigenvalue weighted by Gasteiger charge is -2.40. The molecule has 0 radical (unpaired) electrons. The van der Waals surface area contributed by atoms with Crippen LogP contribution in [0.1, 0.15) is 13.8 Å². The molecule has 3 nitrogen and oxygen atoms in total. The van der Waals surface area contributed by atoms with Gasteiger partial charge in [0.15, 0.2) is 0 Å². The minimum atomic E-state index is 0.651. The second kappa shape index (κ2) is 5.41. The second-order valence-electron chi connectivity index (χ2n) is 4.72. The van der Waals surface area contributed by atoms with Crippen LogP contribution in [0.5, 0.6) is 0 Å². The van der Waals surface area contributed by atoms with Crippen molar-refractivity contribution in [2.45, 2.75) is 19.9 Å². The Balaban J connectivity index is 2.03. The summed E-state index contributed by atoms with van der Waals surface area (Å²) in [5.74, 6) is 0. The Morgan fingerprint density at radius 3 is 2.47 bits per heavy atom. The van der Waals surface area contributed by atoms with Crippen LogP contribution >= 0.6 is 0 Å². The SMILES string of the molecule is CCN1CCN(c2ccc(NC)cc2)CC1C. The molecule has 94 valence electrons. The van der Waals surface area contributed by atoms with Gasteiger partial charge in [0.1, 0.15) is 0 Å². The Morgan fingerprint density at radius 2 is 1.94 bits per heavy atom. The van der Waals surface area contributed by atoms with Crippen LogP contribution in [0.2, 0.25) is 0 Å². The van der Waals surface area contributed by atoms with Crippen molar-refractivity contribution in [3.63, 3.8) is 0 Å². The number of hydrogen-bond donors (Lipinski definition) is 1. The largest absolute Gasteiger partial charge is 0.388 e. The number of benzene rings is 1. The topological polar surface area (TPSA) is 18.5 Å². The van der Waals surface area contributed by atoms with E-state index in [1.807, 2.05) is 7.05 Å². The summed E-state index contributed by atoms with van der Waals surface area (Å²) in [6.07, 6.45) is 0. The Hall–Kier alpha value is -1.22. The summed E-state index contributed by atoms with van der Waals surface area (Å²) < 4.78 is 0. The maximum absolute atomic E-state index is 3.16. The van der Waals surface area contributed by atoms with Crippen LogP contribution in [-0.4, -0.2) is 44.2 Å². The van der Waals surface area contributed by atoms with Gasteiger partial charge in [-0.1, -0.05) is 6.92 Å². The zero-order valence-corrected chi connectivity index (χ0v) is 11.1. The lowest BCUT2D eigenvalue weighted by atomic mass is 10.1.